The van der Waals surface area contributed by atoms with E-state index in [0.717, 1.165) is 40.4 Å². The van der Waals surface area contributed by atoms with Crippen molar-refractivity contribution in [1.29, 1.82) is 0 Å². The number of hydrogen-bond donors (Lipinski definition) is 1. The van der Waals surface area contributed by atoms with Gasteiger partial charge in [-0.3, -0.25) is 14.4 Å². The predicted octanol–water partition coefficient (Wildman–Crippen LogP) is 4.35. The van der Waals surface area contributed by atoms with Crippen LogP contribution < -0.4 is 4.72 Å². The van der Waals surface area contributed by atoms with Gasteiger partial charge in [0.15, 0.2) is 11.7 Å². The molecule has 1 N–H and O–H groups in total. The summed E-state index contributed by atoms with van der Waals surface area (Å²) in [7, 11) is -3.32. The van der Waals surface area contributed by atoms with E-state index in [0.29, 0.717) is 5.56 Å². The number of esters is 1. The van der Waals surface area contributed by atoms with Crippen molar-refractivity contribution >= 4 is 21.9 Å². The fourth-order valence-electron chi connectivity index (χ4n) is 4.09. The molecule has 3 rings (SSSR count). The molecule has 17 heteroatoms. The maximum Gasteiger partial charge on any atom is 0.435 e. The van der Waals surface area contributed by atoms with Crippen LogP contribution in [0.2, 0.25) is 0 Å². The average Bonchev–Trinajstić information content (AvgIpc) is 3.37. The number of sulfonamides is 1. The number of nitrogens with zero attached hydrogens (tertiary/aromatic N) is 5. The van der Waals surface area contributed by atoms with Crippen LogP contribution in [0.4, 0.5) is 13.2 Å². The van der Waals surface area contributed by atoms with Crippen molar-refractivity contribution in [2.24, 2.45) is 11.2 Å². The third-order valence-electron chi connectivity index (χ3n) is 6.14. The molecule has 0 spiro atoms. The fraction of sp³-hybridized carbons (Fsp3) is 0.370. The summed E-state index contributed by atoms with van der Waals surface area (Å²) < 4.78 is 74.3. The molecule has 0 aliphatic carbocycles. The minimum absolute atomic E-state index is 0.101. The molecule has 0 radical (unpaired) electrons. The smallest absolute Gasteiger partial charge is 0.435 e. The molecule has 0 fully saturated rings. The number of carbonyl (C=O) groups is 2. The molecule has 238 valence electrons. The van der Waals surface area contributed by atoms with Gasteiger partial charge in [-0.05, 0) is 43.2 Å². The van der Waals surface area contributed by atoms with Gasteiger partial charge < -0.3 is 9.94 Å². The number of aryl methyl sites for hydroxylation is 1. The summed E-state index contributed by atoms with van der Waals surface area (Å²) in [6, 6.07) is 11.0. The zero-order valence-corrected chi connectivity index (χ0v) is 25.4. The molecule has 0 saturated carbocycles. The van der Waals surface area contributed by atoms with Gasteiger partial charge in [-0.15, -0.1) is 5.01 Å². The SMILES string of the molecule is CC(=O)OC(C)ON=[N+]([O-])N(C)[C@H](C(=O)NS(=O)(=O)c1ccc(-n2nc(C(F)(F)F)cc2-c2ccc(C)cc2)cc1)C(C)C. The normalized spacial score (nSPS) is 13.7. The second-order valence-electron chi connectivity index (χ2n) is 10.0. The maximum absolute atomic E-state index is 13.5. The molecular weight excluding hydrogens is 609 g/mol. The van der Waals surface area contributed by atoms with E-state index in [1.54, 1.807) is 38.1 Å². The molecule has 0 aliphatic rings. The van der Waals surface area contributed by atoms with Gasteiger partial charge in [-0.1, -0.05) is 43.7 Å². The van der Waals surface area contributed by atoms with Gasteiger partial charge in [-0.25, -0.2) is 17.8 Å². The maximum atomic E-state index is 13.5. The van der Waals surface area contributed by atoms with Gasteiger partial charge in [-0.2, -0.15) is 18.3 Å². The van der Waals surface area contributed by atoms with E-state index in [1.807, 2.05) is 11.6 Å². The molecule has 0 aliphatic heterocycles. The summed E-state index contributed by atoms with van der Waals surface area (Å²) in [5.41, 5.74) is 0.483. The van der Waals surface area contributed by atoms with E-state index in [-0.39, 0.29) is 21.2 Å². The molecule has 1 aromatic heterocycles. The highest BCUT2D eigenvalue weighted by molar-refractivity contribution is 7.90. The van der Waals surface area contributed by atoms with Crippen molar-refractivity contribution < 1.29 is 45.7 Å². The topological polar surface area (TPSA) is 158 Å². The standard InChI is InChI=1S/C27H31F3N6O7S/c1-16(2)25(34(6)36(39)33-43-19(5)42-18(4)37)26(38)32-44(40,41)22-13-11-21(12-14-22)35-23(15-24(31-35)27(28,29)30)20-9-7-17(3)8-10-20/h7-16,19,25H,1-6H3,(H,32,38)/t19?,25-/m0/s1. The highest BCUT2D eigenvalue weighted by Gasteiger charge is 2.36. The number of ether oxygens (including phenoxy) is 1. The van der Waals surface area contributed by atoms with Gasteiger partial charge in [0.2, 0.25) is 5.28 Å². The Labute approximate surface area is 251 Å². The minimum atomic E-state index is -4.72. The van der Waals surface area contributed by atoms with Crippen LogP contribution in [0.25, 0.3) is 16.9 Å². The van der Waals surface area contributed by atoms with E-state index < -0.39 is 52.0 Å². The molecule has 2 aromatic carbocycles. The second kappa shape index (κ2) is 13.3. The first-order chi connectivity index (χ1) is 20.4. The van der Waals surface area contributed by atoms with E-state index in [1.165, 1.54) is 26.1 Å². The summed E-state index contributed by atoms with van der Waals surface area (Å²) in [6.45, 7) is 7.37. The van der Waals surface area contributed by atoms with Crippen LogP contribution >= 0.6 is 0 Å². The number of aromatic nitrogens is 2. The Kier molecular flexibility index (Phi) is 10.2. The van der Waals surface area contributed by atoms with E-state index >= 15 is 0 Å². The Balaban J connectivity index is 1.85. The average molecular weight is 641 g/mol. The fourth-order valence-corrected chi connectivity index (χ4v) is 5.09. The summed E-state index contributed by atoms with van der Waals surface area (Å²) >= 11 is 0. The highest BCUT2D eigenvalue weighted by atomic mass is 32.2. The monoisotopic (exact) mass is 640 g/mol. The van der Waals surface area contributed by atoms with Crippen LogP contribution in [0, 0.1) is 18.0 Å². The number of nitrogens with one attached hydrogen (secondary N) is 1. The van der Waals surface area contributed by atoms with Crippen molar-refractivity contribution in [2.75, 3.05) is 7.05 Å². The number of hydrazine groups is 1. The molecule has 2 atom stereocenters. The van der Waals surface area contributed by atoms with Gasteiger partial charge in [0.25, 0.3) is 22.2 Å². The van der Waals surface area contributed by atoms with Crippen molar-refractivity contribution in [3.05, 3.63) is 71.1 Å². The lowest BCUT2D eigenvalue weighted by molar-refractivity contribution is -0.713. The Morgan fingerprint density at radius 3 is 2.20 bits per heavy atom. The quantitative estimate of drug-likeness (QED) is 0.106. The number of rotatable bonds is 11. The molecule has 44 heavy (non-hydrogen) atoms. The number of benzene rings is 2. The zero-order chi connectivity index (χ0) is 33.0. The largest absolute Gasteiger partial charge is 0.569 e. The Morgan fingerprint density at radius 1 is 1.09 bits per heavy atom. The van der Waals surface area contributed by atoms with E-state index in [9.17, 15) is 36.4 Å². The zero-order valence-electron chi connectivity index (χ0n) is 24.6. The third kappa shape index (κ3) is 8.24. The number of alkyl halides is 3. The van der Waals surface area contributed by atoms with Crippen LogP contribution in [0.1, 0.15) is 39.0 Å². The van der Waals surface area contributed by atoms with E-state index in [2.05, 4.69) is 15.1 Å². The van der Waals surface area contributed by atoms with Crippen LogP contribution in [0.5, 0.6) is 0 Å². The Hall–Kier alpha value is -4.67. The molecule has 1 unspecified atom stereocenters. The molecule has 1 heterocycles. The van der Waals surface area contributed by atoms with Crippen LogP contribution in [0.15, 0.2) is 64.8 Å². The van der Waals surface area contributed by atoms with Gasteiger partial charge >= 0.3 is 12.1 Å². The van der Waals surface area contributed by atoms with Gasteiger partial charge in [0.05, 0.1) is 28.3 Å². The molecular formula is C27H31F3N6O7S. The first-order valence-electron chi connectivity index (χ1n) is 13.1. The van der Waals surface area contributed by atoms with Crippen molar-refractivity contribution in [3.63, 3.8) is 0 Å². The predicted molar refractivity (Wildman–Crippen MR) is 149 cm³/mol. The lowest BCUT2D eigenvalue weighted by Gasteiger charge is -2.26. The number of hydrogen-bond acceptors (Lipinski definition) is 9. The van der Waals surface area contributed by atoms with Gasteiger partial charge in [0.1, 0.15) is 0 Å². The number of amides is 1. The molecule has 3 aromatic rings. The van der Waals surface area contributed by atoms with Gasteiger partial charge in [0, 0.05) is 19.4 Å². The summed E-state index contributed by atoms with van der Waals surface area (Å²) in [6.07, 6.45) is -5.93. The summed E-state index contributed by atoms with van der Waals surface area (Å²) in [4.78, 5) is 28.3. The number of carbonyl (C=O) groups excluding carboxylic acids is 2. The van der Waals surface area contributed by atoms with Crippen LogP contribution in [-0.2, 0) is 35.4 Å². The first kappa shape index (κ1) is 33.8. The van der Waals surface area contributed by atoms with Crippen LogP contribution in [0.3, 0.4) is 0 Å². The summed E-state index contributed by atoms with van der Waals surface area (Å²) in [5, 5.41) is 20.1. The molecule has 13 nitrogen and oxygen atoms in total. The Bertz CT molecular complexity index is 1620. The van der Waals surface area contributed by atoms with Crippen molar-refractivity contribution in [3.8, 4) is 16.9 Å². The first-order valence-corrected chi connectivity index (χ1v) is 14.5. The van der Waals surface area contributed by atoms with Crippen molar-refractivity contribution in [2.45, 2.75) is 58.0 Å². The molecule has 1 amide bonds. The molecule has 0 bridgehead atoms. The minimum Gasteiger partial charge on any atom is -0.569 e. The number of likely N-dealkylation sites (N-methyl/N-ethyl adjacent to an activating group) is 1. The highest BCUT2D eigenvalue weighted by Crippen LogP contribution is 2.33. The lowest BCUT2D eigenvalue weighted by atomic mass is 10.0. The van der Waals surface area contributed by atoms with Crippen molar-refractivity contribution in [1.82, 2.24) is 19.5 Å². The molecule has 0 saturated heterocycles. The number of halogens is 3. The van der Waals surface area contributed by atoms with E-state index in [4.69, 9.17) is 4.84 Å². The summed E-state index contributed by atoms with van der Waals surface area (Å²) in [5.74, 6) is -2.35. The third-order valence-corrected chi connectivity index (χ3v) is 7.51. The second-order valence-corrected chi connectivity index (χ2v) is 11.7. The lowest BCUT2D eigenvalue weighted by Crippen LogP contribution is -2.51. The van der Waals surface area contributed by atoms with Crippen LogP contribution in [-0.4, -0.2) is 59.4 Å². The Morgan fingerprint density at radius 2 is 1.68 bits per heavy atom.